The van der Waals surface area contributed by atoms with E-state index in [1.165, 1.54) is 34.4 Å². The summed E-state index contributed by atoms with van der Waals surface area (Å²) in [5.74, 6) is -1.02. The van der Waals surface area contributed by atoms with E-state index < -0.39 is 30.0 Å². The fourth-order valence-corrected chi connectivity index (χ4v) is 3.90. The minimum absolute atomic E-state index is 0.0667. The number of ether oxygens (including phenoxy) is 1. The SMILES string of the molecule is CC(C)OC(=O)N1CCC(N(C(=O)c2ccc(-n3cncn3)c(F)c2)C2CC2)C(F)C1. The number of benzene rings is 1. The van der Waals surface area contributed by atoms with Crippen LogP contribution in [0.4, 0.5) is 13.6 Å². The molecular weight excluding hydrogens is 408 g/mol. The molecule has 2 aromatic rings. The third-order valence-electron chi connectivity index (χ3n) is 5.49. The van der Waals surface area contributed by atoms with Gasteiger partial charge in [-0.25, -0.2) is 23.2 Å². The van der Waals surface area contributed by atoms with E-state index in [1.54, 1.807) is 18.7 Å². The number of hydrogen-bond acceptors (Lipinski definition) is 5. The second-order valence-electron chi connectivity index (χ2n) is 8.20. The van der Waals surface area contributed by atoms with Crippen molar-refractivity contribution in [3.63, 3.8) is 0 Å². The molecule has 0 radical (unpaired) electrons. The summed E-state index contributed by atoms with van der Waals surface area (Å²) in [6.07, 6.45) is 2.28. The minimum Gasteiger partial charge on any atom is -0.447 e. The molecule has 8 nitrogen and oxygen atoms in total. The molecule has 2 aliphatic rings. The Morgan fingerprint density at radius 2 is 2.03 bits per heavy atom. The summed E-state index contributed by atoms with van der Waals surface area (Å²) >= 11 is 0. The number of hydrogen-bond donors (Lipinski definition) is 0. The molecule has 31 heavy (non-hydrogen) atoms. The van der Waals surface area contributed by atoms with Crippen LogP contribution in [-0.2, 0) is 4.74 Å². The van der Waals surface area contributed by atoms with E-state index in [0.717, 1.165) is 18.9 Å². The Morgan fingerprint density at radius 1 is 1.26 bits per heavy atom. The maximum Gasteiger partial charge on any atom is 0.410 e. The van der Waals surface area contributed by atoms with Crippen molar-refractivity contribution in [2.45, 2.75) is 57.5 Å². The summed E-state index contributed by atoms with van der Waals surface area (Å²) in [6, 6.07) is 3.39. The van der Waals surface area contributed by atoms with Crippen LogP contribution in [0.25, 0.3) is 5.69 Å². The molecule has 1 aliphatic carbocycles. The van der Waals surface area contributed by atoms with Crippen LogP contribution in [0.5, 0.6) is 0 Å². The first-order chi connectivity index (χ1) is 14.8. The van der Waals surface area contributed by atoms with Crippen molar-refractivity contribution in [3.8, 4) is 5.69 Å². The Morgan fingerprint density at radius 3 is 2.61 bits per heavy atom. The Balaban J connectivity index is 1.50. The highest BCUT2D eigenvalue weighted by Gasteiger charge is 2.44. The molecule has 1 aromatic carbocycles. The van der Waals surface area contributed by atoms with Gasteiger partial charge in [0.25, 0.3) is 5.91 Å². The van der Waals surface area contributed by atoms with Crippen LogP contribution in [0, 0.1) is 5.82 Å². The standard InChI is InChI=1S/C21H25F2N5O3/c1-13(2)31-21(30)26-8-7-19(17(23)10-26)28(15-4-5-15)20(29)14-3-6-18(16(22)9-14)27-12-24-11-25-27/h3,6,9,11-13,15,17,19H,4-5,7-8,10H2,1-2H3. The molecular formula is C21H25F2N5O3. The topological polar surface area (TPSA) is 80.6 Å². The van der Waals surface area contributed by atoms with Gasteiger partial charge < -0.3 is 14.5 Å². The average molecular weight is 433 g/mol. The van der Waals surface area contributed by atoms with Gasteiger partial charge in [0.15, 0.2) is 0 Å². The largest absolute Gasteiger partial charge is 0.447 e. The number of likely N-dealkylation sites (tertiary alicyclic amines) is 1. The van der Waals surface area contributed by atoms with Crippen LogP contribution >= 0.6 is 0 Å². The zero-order valence-corrected chi connectivity index (χ0v) is 17.4. The van der Waals surface area contributed by atoms with Crippen molar-refractivity contribution in [2.24, 2.45) is 0 Å². The first-order valence-corrected chi connectivity index (χ1v) is 10.4. The van der Waals surface area contributed by atoms with Crippen molar-refractivity contribution >= 4 is 12.0 Å². The fourth-order valence-electron chi connectivity index (χ4n) is 3.90. The summed E-state index contributed by atoms with van der Waals surface area (Å²) in [5.41, 5.74) is 0.328. The van der Waals surface area contributed by atoms with Gasteiger partial charge in [0.2, 0.25) is 0 Å². The normalized spacial score (nSPS) is 21.3. The molecule has 1 aliphatic heterocycles. The third-order valence-corrected chi connectivity index (χ3v) is 5.49. The van der Waals surface area contributed by atoms with Crippen molar-refractivity contribution in [1.82, 2.24) is 24.6 Å². The summed E-state index contributed by atoms with van der Waals surface area (Å²) in [4.78, 5) is 32.0. The summed E-state index contributed by atoms with van der Waals surface area (Å²) in [6.45, 7) is 3.63. The molecule has 2 atom stereocenters. The van der Waals surface area contributed by atoms with Gasteiger partial charge in [-0.15, -0.1) is 0 Å². The highest BCUT2D eigenvalue weighted by molar-refractivity contribution is 5.95. The lowest BCUT2D eigenvalue weighted by Gasteiger charge is -2.40. The minimum atomic E-state index is -1.41. The Kier molecular flexibility index (Phi) is 5.88. The second-order valence-corrected chi connectivity index (χ2v) is 8.20. The lowest BCUT2D eigenvalue weighted by atomic mass is 9.99. The monoisotopic (exact) mass is 433 g/mol. The van der Waals surface area contributed by atoms with Gasteiger partial charge in [-0.2, -0.15) is 5.10 Å². The fraction of sp³-hybridized carbons (Fsp3) is 0.524. The highest BCUT2D eigenvalue weighted by Crippen LogP contribution is 2.34. The predicted molar refractivity (Wildman–Crippen MR) is 107 cm³/mol. The number of carbonyl (C=O) groups excluding carboxylic acids is 2. The van der Waals surface area contributed by atoms with Crippen LogP contribution in [0.1, 0.15) is 43.5 Å². The van der Waals surface area contributed by atoms with E-state index in [2.05, 4.69) is 10.1 Å². The van der Waals surface area contributed by atoms with Gasteiger partial charge in [0.1, 0.15) is 30.3 Å². The molecule has 2 amide bonds. The molecule has 10 heteroatoms. The van der Waals surface area contributed by atoms with Crippen molar-refractivity contribution in [1.29, 1.82) is 0 Å². The molecule has 1 aromatic heterocycles. The van der Waals surface area contributed by atoms with E-state index in [1.807, 2.05) is 0 Å². The summed E-state index contributed by atoms with van der Waals surface area (Å²) < 4.78 is 36.2. The van der Waals surface area contributed by atoms with Gasteiger partial charge in [0, 0.05) is 18.2 Å². The number of piperidine rings is 1. The molecule has 0 spiro atoms. The van der Waals surface area contributed by atoms with Crippen LogP contribution in [0.3, 0.4) is 0 Å². The van der Waals surface area contributed by atoms with E-state index in [-0.39, 0.29) is 29.9 Å². The van der Waals surface area contributed by atoms with Crippen molar-refractivity contribution in [3.05, 3.63) is 42.2 Å². The number of rotatable bonds is 5. The average Bonchev–Trinajstić information content (AvgIpc) is 3.41. The Labute approximate surface area is 178 Å². The molecule has 0 bridgehead atoms. The molecule has 2 unspecified atom stereocenters. The smallest absolute Gasteiger partial charge is 0.410 e. The van der Waals surface area contributed by atoms with Gasteiger partial charge >= 0.3 is 6.09 Å². The molecule has 2 fully saturated rings. The van der Waals surface area contributed by atoms with Crippen LogP contribution < -0.4 is 0 Å². The van der Waals surface area contributed by atoms with Crippen LogP contribution in [0.15, 0.2) is 30.9 Å². The Hall–Kier alpha value is -3.04. The number of amides is 2. The molecule has 0 N–H and O–H groups in total. The summed E-state index contributed by atoms with van der Waals surface area (Å²) in [7, 11) is 0. The van der Waals surface area contributed by atoms with Gasteiger partial charge in [-0.3, -0.25) is 4.79 Å². The Bertz CT molecular complexity index is 948. The predicted octanol–water partition coefficient (Wildman–Crippen LogP) is 2.97. The summed E-state index contributed by atoms with van der Waals surface area (Å²) in [5, 5.41) is 3.90. The first-order valence-electron chi connectivity index (χ1n) is 10.4. The lowest BCUT2D eigenvalue weighted by molar-refractivity contribution is 0.0153. The van der Waals surface area contributed by atoms with Crippen LogP contribution in [0.2, 0.25) is 0 Å². The first kappa shape index (κ1) is 21.2. The van der Waals surface area contributed by atoms with E-state index in [0.29, 0.717) is 13.0 Å². The number of carbonyl (C=O) groups is 2. The van der Waals surface area contributed by atoms with E-state index >= 15 is 4.39 Å². The number of aromatic nitrogens is 3. The number of nitrogens with zero attached hydrogens (tertiary/aromatic N) is 5. The van der Waals surface area contributed by atoms with Crippen molar-refractivity contribution in [2.75, 3.05) is 13.1 Å². The zero-order chi connectivity index (χ0) is 22.1. The molecule has 1 saturated carbocycles. The highest BCUT2D eigenvalue weighted by atomic mass is 19.1. The molecule has 166 valence electrons. The maximum absolute atomic E-state index is 15.1. The maximum atomic E-state index is 15.1. The van der Waals surface area contributed by atoms with Gasteiger partial charge in [0.05, 0.1) is 18.7 Å². The second kappa shape index (κ2) is 8.60. The molecule has 4 rings (SSSR count). The van der Waals surface area contributed by atoms with Crippen molar-refractivity contribution < 1.29 is 23.1 Å². The number of halogens is 2. The number of alkyl halides is 1. The van der Waals surface area contributed by atoms with E-state index in [9.17, 15) is 14.0 Å². The van der Waals surface area contributed by atoms with Gasteiger partial charge in [-0.05, 0) is 51.3 Å². The third kappa shape index (κ3) is 4.52. The van der Waals surface area contributed by atoms with E-state index in [4.69, 9.17) is 4.74 Å². The lowest BCUT2D eigenvalue weighted by Crippen LogP contribution is -2.56. The quantitative estimate of drug-likeness (QED) is 0.724. The molecule has 1 saturated heterocycles. The zero-order valence-electron chi connectivity index (χ0n) is 17.4. The molecule has 2 heterocycles. The van der Waals surface area contributed by atoms with Crippen LogP contribution in [-0.4, -0.2) is 74.0 Å². The van der Waals surface area contributed by atoms with Gasteiger partial charge in [-0.1, -0.05) is 0 Å².